The van der Waals surface area contributed by atoms with Gasteiger partial charge in [-0.2, -0.15) is 0 Å². The van der Waals surface area contributed by atoms with Crippen LogP contribution in [-0.2, 0) is 11.2 Å². The van der Waals surface area contributed by atoms with Crippen molar-refractivity contribution in [2.45, 2.75) is 57.9 Å². The molecule has 1 aromatic rings. The monoisotopic (exact) mass is 470 g/mol. The summed E-state index contributed by atoms with van der Waals surface area (Å²) in [5, 5.41) is 6.78. The average Bonchev–Trinajstić information content (AvgIpc) is 2.66. The molecule has 2 aliphatic rings. The van der Waals surface area contributed by atoms with Crippen molar-refractivity contribution in [3.63, 3.8) is 0 Å². The summed E-state index contributed by atoms with van der Waals surface area (Å²) in [7, 11) is 0. The summed E-state index contributed by atoms with van der Waals surface area (Å²) in [5.74, 6) is 0.848. The van der Waals surface area contributed by atoms with Crippen LogP contribution in [0.4, 0.5) is 5.69 Å². The minimum absolute atomic E-state index is 0. The zero-order chi connectivity index (χ0) is 17.5. The molecule has 2 N–H and O–H groups in total. The minimum atomic E-state index is 0. The molecule has 0 radical (unpaired) electrons. The molecule has 0 aromatic heterocycles. The maximum atomic E-state index is 12.7. The fourth-order valence-electron chi connectivity index (χ4n) is 3.79. The van der Waals surface area contributed by atoms with Gasteiger partial charge in [0.25, 0.3) is 0 Å². The summed E-state index contributed by atoms with van der Waals surface area (Å²) < 4.78 is 0. The number of nitrogens with one attached hydrogen (secondary N) is 2. The molecule has 1 heterocycles. The molecule has 1 aliphatic carbocycles. The second-order valence-electron chi connectivity index (χ2n) is 6.95. The van der Waals surface area contributed by atoms with E-state index >= 15 is 0 Å². The van der Waals surface area contributed by atoms with Gasteiger partial charge in [0.05, 0.1) is 0 Å². The van der Waals surface area contributed by atoms with E-state index in [1.54, 1.807) is 0 Å². The number of fused-ring (bicyclic) bond motifs is 1. The number of nitrogens with zero attached hydrogens (tertiary/aromatic N) is 2. The molecule has 0 saturated heterocycles. The summed E-state index contributed by atoms with van der Waals surface area (Å²) in [6, 6.07) is 8.69. The number of para-hydroxylation sites is 1. The van der Waals surface area contributed by atoms with Crippen molar-refractivity contribution in [1.82, 2.24) is 10.6 Å². The lowest BCUT2D eigenvalue weighted by Crippen LogP contribution is -2.45. The summed E-state index contributed by atoms with van der Waals surface area (Å²) in [4.78, 5) is 19.2. The lowest BCUT2D eigenvalue weighted by molar-refractivity contribution is -0.117. The van der Waals surface area contributed by atoms with E-state index in [4.69, 9.17) is 0 Å². The van der Waals surface area contributed by atoms with Crippen LogP contribution in [0, 0.1) is 0 Å². The number of aryl methyl sites for hydroxylation is 1. The lowest BCUT2D eigenvalue weighted by atomic mass is 9.96. The van der Waals surface area contributed by atoms with Gasteiger partial charge in [-0.1, -0.05) is 37.5 Å². The van der Waals surface area contributed by atoms with Crippen LogP contribution in [0.25, 0.3) is 0 Å². The molecule has 144 valence electrons. The summed E-state index contributed by atoms with van der Waals surface area (Å²) >= 11 is 0. The van der Waals surface area contributed by atoms with Crippen LogP contribution in [0.1, 0.15) is 51.0 Å². The Hall–Kier alpha value is -1.31. The Kier molecular flexibility index (Phi) is 8.68. The highest BCUT2D eigenvalue weighted by molar-refractivity contribution is 14.0. The van der Waals surface area contributed by atoms with Crippen molar-refractivity contribution in [3.8, 4) is 0 Å². The topological polar surface area (TPSA) is 56.7 Å². The molecule has 5 nitrogen and oxygen atoms in total. The molecular formula is C20H31IN4O. The van der Waals surface area contributed by atoms with Crippen LogP contribution < -0.4 is 15.5 Å². The van der Waals surface area contributed by atoms with Crippen molar-refractivity contribution >= 4 is 41.5 Å². The zero-order valence-corrected chi connectivity index (χ0v) is 18.0. The minimum Gasteiger partial charge on any atom is -0.357 e. The van der Waals surface area contributed by atoms with E-state index in [9.17, 15) is 4.79 Å². The maximum Gasteiger partial charge on any atom is 0.248 e. The van der Waals surface area contributed by atoms with Gasteiger partial charge in [-0.25, -0.2) is 4.99 Å². The third kappa shape index (κ3) is 5.59. The van der Waals surface area contributed by atoms with Gasteiger partial charge in [0.1, 0.15) is 6.54 Å². The molecule has 0 atom stereocenters. The van der Waals surface area contributed by atoms with Crippen LogP contribution in [0.5, 0.6) is 0 Å². The van der Waals surface area contributed by atoms with Crippen LogP contribution in [0.3, 0.4) is 0 Å². The fourth-order valence-corrected chi connectivity index (χ4v) is 3.79. The van der Waals surface area contributed by atoms with Gasteiger partial charge in [0, 0.05) is 24.8 Å². The van der Waals surface area contributed by atoms with Gasteiger partial charge >= 0.3 is 0 Å². The van der Waals surface area contributed by atoms with Crippen molar-refractivity contribution in [2.75, 3.05) is 24.5 Å². The number of carbonyl (C=O) groups is 1. The first kappa shape index (κ1) is 21.0. The fraction of sp³-hybridized carbons (Fsp3) is 0.600. The second kappa shape index (κ2) is 10.7. The van der Waals surface area contributed by atoms with Crippen LogP contribution >= 0.6 is 24.0 Å². The molecule has 3 rings (SSSR count). The Labute approximate surface area is 174 Å². The standard InChI is InChI=1S/C20H30N4O.HI/c1-2-21-20(23-17-11-4-3-5-12-17)22-15-19(25)24-14-8-10-16-9-6-7-13-18(16)24;/h6-7,9,13,17H,2-5,8,10-12,14-15H2,1H3,(H2,21,22,23);1H. The molecule has 1 fully saturated rings. The Morgan fingerprint density at radius 2 is 1.96 bits per heavy atom. The Balaban J connectivity index is 0.00000243. The Bertz CT molecular complexity index is 614. The summed E-state index contributed by atoms with van der Waals surface area (Å²) in [6.07, 6.45) is 8.34. The average molecular weight is 470 g/mol. The number of anilines is 1. The quantitative estimate of drug-likeness (QED) is 0.403. The first-order valence-electron chi connectivity index (χ1n) is 9.71. The number of hydrogen-bond donors (Lipinski definition) is 2. The van der Waals surface area contributed by atoms with Crippen molar-refractivity contribution in [3.05, 3.63) is 29.8 Å². The highest BCUT2D eigenvalue weighted by Gasteiger charge is 2.22. The molecule has 0 unspecified atom stereocenters. The number of hydrogen-bond acceptors (Lipinski definition) is 2. The summed E-state index contributed by atoms with van der Waals surface area (Å²) in [5.41, 5.74) is 2.32. The van der Waals surface area contributed by atoms with E-state index in [0.29, 0.717) is 6.04 Å². The molecule has 0 bridgehead atoms. The van der Waals surface area contributed by atoms with Crippen molar-refractivity contribution < 1.29 is 4.79 Å². The SMILES string of the molecule is CCNC(=NCC(=O)N1CCCc2ccccc21)NC1CCCCC1.I. The van der Waals surface area contributed by atoms with Gasteiger partial charge in [0.2, 0.25) is 5.91 Å². The molecule has 1 aliphatic heterocycles. The van der Waals surface area contributed by atoms with E-state index in [1.165, 1.54) is 37.7 Å². The predicted octanol–water partition coefficient (Wildman–Crippen LogP) is 3.47. The van der Waals surface area contributed by atoms with Gasteiger partial charge in [-0.3, -0.25) is 4.79 Å². The molecule has 6 heteroatoms. The van der Waals surface area contributed by atoms with E-state index in [0.717, 1.165) is 37.6 Å². The van der Waals surface area contributed by atoms with Gasteiger partial charge < -0.3 is 15.5 Å². The van der Waals surface area contributed by atoms with E-state index in [2.05, 4.69) is 28.6 Å². The van der Waals surface area contributed by atoms with Crippen molar-refractivity contribution in [1.29, 1.82) is 0 Å². The zero-order valence-electron chi connectivity index (χ0n) is 15.7. The highest BCUT2D eigenvalue weighted by atomic mass is 127. The number of amides is 1. The van der Waals surface area contributed by atoms with E-state index in [-0.39, 0.29) is 36.4 Å². The largest absolute Gasteiger partial charge is 0.357 e. The number of halogens is 1. The van der Waals surface area contributed by atoms with Gasteiger partial charge in [-0.15, -0.1) is 24.0 Å². The van der Waals surface area contributed by atoms with E-state index < -0.39 is 0 Å². The number of benzene rings is 1. The highest BCUT2D eigenvalue weighted by Crippen LogP contribution is 2.26. The van der Waals surface area contributed by atoms with E-state index in [1.807, 2.05) is 23.1 Å². The van der Waals surface area contributed by atoms with Gasteiger partial charge in [0.15, 0.2) is 5.96 Å². The molecule has 1 amide bonds. The third-order valence-electron chi connectivity index (χ3n) is 5.07. The molecule has 0 spiro atoms. The smallest absolute Gasteiger partial charge is 0.248 e. The number of guanidine groups is 1. The lowest BCUT2D eigenvalue weighted by Gasteiger charge is -2.29. The van der Waals surface area contributed by atoms with Crippen LogP contribution in [-0.4, -0.2) is 37.5 Å². The number of carbonyl (C=O) groups excluding carboxylic acids is 1. The van der Waals surface area contributed by atoms with Gasteiger partial charge in [-0.05, 0) is 44.2 Å². The number of aliphatic imine (C=N–C) groups is 1. The normalized spacial score (nSPS) is 17.9. The predicted molar refractivity (Wildman–Crippen MR) is 119 cm³/mol. The van der Waals surface area contributed by atoms with Crippen molar-refractivity contribution in [2.24, 2.45) is 4.99 Å². The molecule has 26 heavy (non-hydrogen) atoms. The first-order valence-corrected chi connectivity index (χ1v) is 9.71. The first-order chi connectivity index (χ1) is 12.3. The maximum absolute atomic E-state index is 12.7. The summed E-state index contributed by atoms with van der Waals surface area (Å²) in [6.45, 7) is 3.84. The van der Waals surface area contributed by atoms with Crippen LogP contribution in [0.2, 0.25) is 0 Å². The number of rotatable bonds is 4. The molecular weight excluding hydrogens is 439 g/mol. The molecule has 1 aromatic carbocycles. The van der Waals surface area contributed by atoms with Crippen LogP contribution in [0.15, 0.2) is 29.3 Å². The third-order valence-corrected chi connectivity index (χ3v) is 5.07. The Morgan fingerprint density at radius 1 is 1.19 bits per heavy atom. The Morgan fingerprint density at radius 3 is 2.73 bits per heavy atom. The second-order valence-corrected chi connectivity index (χ2v) is 6.95. The molecule has 1 saturated carbocycles.